The van der Waals surface area contributed by atoms with Gasteiger partial charge >= 0.3 is 0 Å². The number of nitrogens with zero attached hydrogens (tertiary/aromatic N) is 4. The number of benzene rings is 2. The number of rotatable bonds is 1. The standard InChI is InChI=1S/C22H21ClFN5O.ClH/c23-16-4-5-18-15(10-16)11-25-12-19-26-27-21(29(18)19)28-8-6-22(7-9-28)20-14(13-30-22)2-1-3-17(20)24;/h1-5,10,25H,6-9,11-13H2;1H. The summed E-state index contributed by atoms with van der Waals surface area (Å²) in [5, 5.41) is 13.1. The predicted molar refractivity (Wildman–Crippen MR) is 118 cm³/mol. The number of aromatic nitrogens is 3. The van der Waals surface area contributed by atoms with Gasteiger partial charge in [0.2, 0.25) is 5.95 Å². The summed E-state index contributed by atoms with van der Waals surface area (Å²) in [5.74, 6) is 1.53. The first-order valence-corrected chi connectivity index (χ1v) is 10.6. The first-order chi connectivity index (χ1) is 14.6. The van der Waals surface area contributed by atoms with Crippen LogP contribution < -0.4 is 10.2 Å². The quantitative estimate of drug-likeness (QED) is 0.590. The van der Waals surface area contributed by atoms with E-state index in [2.05, 4.69) is 25.0 Å². The fourth-order valence-electron chi connectivity index (χ4n) is 5.05. The summed E-state index contributed by atoms with van der Waals surface area (Å²) in [4.78, 5) is 2.23. The van der Waals surface area contributed by atoms with Gasteiger partial charge in [-0.1, -0.05) is 23.7 Å². The third kappa shape index (κ3) is 3.22. The fourth-order valence-corrected chi connectivity index (χ4v) is 5.24. The largest absolute Gasteiger partial charge is 0.365 e. The van der Waals surface area contributed by atoms with Crippen molar-refractivity contribution < 1.29 is 9.13 Å². The Hall–Kier alpha value is -2.19. The van der Waals surface area contributed by atoms with E-state index in [0.29, 0.717) is 18.2 Å². The molecule has 1 saturated heterocycles. The molecule has 1 fully saturated rings. The van der Waals surface area contributed by atoms with Gasteiger partial charge in [0.25, 0.3) is 0 Å². The molecule has 1 aromatic heterocycles. The molecule has 3 aliphatic heterocycles. The number of hydrogen-bond acceptors (Lipinski definition) is 5. The van der Waals surface area contributed by atoms with Gasteiger partial charge in [-0.2, -0.15) is 0 Å². The molecule has 9 heteroatoms. The van der Waals surface area contributed by atoms with Crippen LogP contribution in [0.1, 0.15) is 35.4 Å². The van der Waals surface area contributed by atoms with Crippen molar-refractivity contribution in [3.05, 3.63) is 69.8 Å². The van der Waals surface area contributed by atoms with E-state index in [1.54, 1.807) is 6.07 Å². The highest BCUT2D eigenvalue weighted by molar-refractivity contribution is 6.30. The topological polar surface area (TPSA) is 55.2 Å². The Balaban J connectivity index is 0.00000204. The van der Waals surface area contributed by atoms with E-state index in [-0.39, 0.29) is 18.2 Å². The molecular formula is C22H22Cl2FN5O. The molecule has 31 heavy (non-hydrogen) atoms. The number of hydrogen-bond donors (Lipinski definition) is 1. The second kappa shape index (κ2) is 7.74. The van der Waals surface area contributed by atoms with Crippen LogP contribution in [0, 0.1) is 5.82 Å². The normalized spacial score (nSPS) is 18.7. The van der Waals surface area contributed by atoms with Gasteiger partial charge in [-0.3, -0.25) is 4.57 Å². The lowest BCUT2D eigenvalue weighted by Gasteiger charge is -2.39. The maximum Gasteiger partial charge on any atom is 0.231 e. The Morgan fingerprint density at radius 3 is 2.74 bits per heavy atom. The smallest absolute Gasteiger partial charge is 0.231 e. The summed E-state index contributed by atoms with van der Waals surface area (Å²) in [7, 11) is 0. The molecule has 162 valence electrons. The minimum Gasteiger partial charge on any atom is -0.365 e. The third-order valence-corrected chi connectivity index (χ3v) is 6.74. The predicted octanol–water partition coefficient (Wildman–Crippen LogP) is 4.11. The molecule has 6 nitrogen and oxygen atoms in total. The average molecular weight is 462 g/mol. The SMILES string of the molecule is Cl.Fc1cccc2c1C1(CCN(c3nnc4n3-c3ccc(Cl)cc3CNC4)CC1)OC2. The maximum atomic E-state index is 14.6. The van der Waals surface area contributed by atoms with Gasteiger partial charge in [-0.25, -0.2) is 4.39 Å². The molecule has 3 aliphatic rings. The third-order valence-electron chi connectivity index (χ3n) is 6.51. The molecule has 0 atom stereocenters. The molecule has 3 aromatic rings. The lowest BCUT2D eigenvalue weighted by atomic mass is 9.83. The van der Waals surface area contributed by atoms with Crippen molar-refractivity contribution in [1.82, 2.24) is 20.1 Å². The van der Waals surface area contributed by atoms with Crippen LogP contribution in [0.3, 0.4) is 0 Å². The van der Waals surface area contributed by atoms with Crippen LogP contribution in [0.25, 0.3) is 5.69 Å². The number of halogens is 3. The highest BCUT2D eigenvalue weighted by atomic mass is 35.5. The van der Waals surface area contributed by atoms with E-state index in [9.17, 15) is 4.39 Å². The van der Waals surface area contributed by atoms with Crippen LogP contribution in [0.15, 0.2) is 36.4 Å². The molecular weight excluding hydrogens is 440 g/mol. The van der Waals surface area contributed by atoms with E-state index >= 15 is 0 Å². The summed E-state index contributed by atoms with van der Waals surface area (Å²) in [6.45, 7) is 3.29. The van der Waals surface area contributed by atoms with Crippen LogP contribution in [0.2, 0.25) is 5.02 Å². The Morgan fingerprint density at radius 1 is 1.06 bits per heavy atom. The molecule has 1 spiro atoms. The fraction of sp³-hybridized carbons (Fsp3) is 0.364. The minimum atomic E-state index is -0.536. The number of fused-ring (bicyclic) bond motifs is 5. The van der Waals surface area contributed by atoms with Crippen molar-refractivity contribution >= 4 is 30.0 Å². The molecule has 0 radical (unpaired) electrons. The maximum absolute atomic E-state index is 14.6. The summed E-state index contributed by atoms with van der Waals surface area (Å²) in [6, 6.07) is 11.2. The Bertz CT molecular complexity index is 1140. The molecule has 6 rings (SSSR count). The molecule has 0 aliphatic carbocycles. The summed E-state index contributed by atoms with van der Waals surface area (Å²) >= 11 is 6.22. The number of ether oxygens (including phenoxy) is 1. The minimum absolute atomic E-state index is 0. The zero-order valence-corrected chi connectivity index (χ0v) is 18.3. The van der Waals surface area contributed by atoms with Crippen LogP contribution in [-0.4, -0.2) is 27.9 Å². The van der Waals surface area contributed by atoms with Crippen LogP contribution >= 0.6 is 24.0 Å². The zero-order chi connectivity index (χ0) is 20.3. The van der Waals surface area contributed by atoms with Crippen molar-refractivity contribution in [2.45, 2.75) is 38.1 Å². The van der Waals surface area contributed by atoms with E-state index in [1.165, 1.54) is 6.07 Å². The van der Waals surface area contributed by atoms with Crippen LogP contribution in [-0.2, 0) is 30.0 Å². The molecule has 0 bridgehead atoms. The molecule has 4 heterocycles. The lowest BCUT2D eigenvalue weighted by Crippen LogP contribution is -2.44. The van der Waals surface area contributed by atoms with E-state index < -0.39 is 5.60 Å². The average Bonchev–Trinajstić information content (AvgIpc) is 3.27. The van der Waals surface area contributed by atoms with Gasteiger partial charge in [-0.15, -0.1) is 22.6 Å². The van der Waals surface area contributed by atoms with Crippen molar-refractivity contribution in [3.63, 3.8) is 0 Å². The van der Waals surface area contributed by atoms with E-state index in [4.69, 9.17) is 16.3 Å². The second-order valence-electron chi connectivity index (χ2n) is 8.17. The van der Waals surface area contributed by atoms with Crippen molar-refractivity contribution in [3.8, 4) is 5.69 Å². The second-order valence-corrected chi connectivity index (χ2v) is 8.61. The van der Waals surface area contributed by atoms with E-state index in [0.717, 1.165) is 66.6 Å². The Kier molecular flexibility index (Phi) is 5.17. The van der Waals surface area contributed by atoms with Gasteiger partial charge < -0.3 is 15.0 Å². The van der Waals surface area contributed by atoms with Gasteiger partial charge in [0.15, 0.2) is 5.82 Å². The Labute approximate surface area is 190 Å². The summed E-state index contributed by atoms with van der Waals surface area (Å²) < 4.78 is 22.9. The highest BCUT2D eigenvalue weighted by Gasteiger charge is 2.45. The van der Waals surface area contributed by atoms with Crippen molar-refractivity contribution in [1.29, 1.82) is 0 Å². The molecule has 2 aromatic carbocycles. The molecule has 1 N–H and O–H groups in total. The van der Waals surface area contributed by atoms with Gasteiger partial charge in [0, 0.05) is 30.2 Å². The molecule has 0 amide bonds. The van der Waals surface area contributed by atoms with Gasteiger partial charge in [-0.05, 0) is 48.2 Å². The molecule has 0 saturated carbocycles. The number of piperidine rings is 1. The zero-order valence-electron chi connectivity index (χ0n) is 16.8. The van der Waals surface area contributed by atoms with Gasteiger partial charge in [0.05, 0.1) is 18.8 Å². The van der Waals surface area contributed by atoms with Crippen molar-refractivity contribution in [2.24, 2.45) is 0 Å². The van der Waals surface area contributed by atoms with Crippen LogP contribution in [0.4, 0.5) is 10.3 Å². The molecule has 0 unspecified atom stereocenters. The van der Waals surface area contributed by atoms with Crippen molar-refractivity contribution in [2.75, 3.05) is 18.0 Å². The first-order valence-electron chi connectivity index (χ1n) is 10.3. The summed E-state index contributed by atoms with van der Waals surface area (Å²) in [6.07, 6.45) is 1.43. The first kappa shape index (κ1) is 20.7. The van der Waals surface area contributed by atoms with Gasteiger partial charge in [0.1, 0.15) is 11.4 Å². The lowest BCUT2D eigenvalue weighted by molar-refractivity contribution is -0.0569. The highest BCUT2D eigenvalue weighted by Crippen LogP contribution is 2.46. The summed E-state index contributed by atoms with van der Waals surface area (Å²) in [5.41, 5.74) is 3.34. The monoisotopic (exact) mass is 461 g/mol. The van der Waals surface area contributed by atoms with Crippen LogP contribution in [0.5, 0.6) is 0 Å². The Morgan fingerprint density at radius 2 is 1.90 bits per heavy atom. The number of nitrogens with one attached hydrogen (secondary N) is 1. The van der Waals surface area contributed by atoms with E-state index in [1.807, 2.05) is 24.3 Å². The number of anilines is 1.